The highest BCUT2D eigenvalue weighted by Gasteiger charge is 2.21. The minimum atomic E-state index is -4.66. The van der Waals surface area contributed by atoms with E-state index in [1.54, 1.807) is 0 Å². The van der Waals surface area contributed by atoms with Gasteiger partial charge in [0, 0.05) is 12.8 Å². The third kappa shape index (κ3) is 59.1. The molecule has 0 aromatic rings. The molecule has 0 bridgehead atoms. The highest BCUT2D eigenvalue weighted by Crippen LogP contribution is 2.38. The van der Waals surface area contributed by atoms with Gasteiger partial charge in [-0.15, -0.1) is 0 Å². The number of carbonyl (C=O) groups is 2. The van der Waals surface area contributed by atoms with Crippen molar-refractivity contribution in [2.45, 2.75) is 213 Å². The molecular formula is C66H108NO8P. The molecule has 0 aromatic heterocycles. The van der Waals surface area contributed by atoms with Gasteiger partial charge in [0.05, 0.1) is 27.7 Å². The maximum Gasteiger partial charge on any atom is 0.306 e. The van der Waals surface area contributed by atoms with Crippen molar-refractivity contribution in [3.8, 4) is 0 Å². The summed E-state index contributed by atoms with van der Waals surface area (Å²) in [7, 11) is 1.12. The number of ether oxygens (including phenoxy) is 2. The second-order valence-electron chi connectivity index (χ2n) is 20.3. The molecule has 430 valence electrons. The number of rotatable bonds is 52. The fourth-order valence-electron chi connectivity index (χ4n) is 7.30. The molecule has 0 spiro atoms. The van der Waals surface area contributed by atoms with Crippen molar-refractivity contribution in [2.24, 2.45) is 0 Å². The lowest BCUT2D eigenvalue weighted by atomic mass is 10.1. The van der Waals surface area contributed by atoms with Crippen molar-refractivity contribution in [3.05, 3.63) is 146 Å². The molecule has 76 heavy (non-hydrogen) atoms. The topological polar surface area (TPSA) is 111 Å². The number of carbonyl (C=O) groups excluding carboxylic acids is 2. The van der Waals surface area contributed by atoms with E-state index in [4.69, 9.17) is 18.5 Å². The molecule has 10 heteroatoms. The van der Waals surface area contributed by atoms with Gasteiger partial charge in [0.2, 0.25) is 0 Å². The lowest BCUT2D eigenvalue weighted by Crippen LogP contribution is -2.37. The van der Waals surface area contributed by atoms with Crippen LogP contribution in [0, 0.1) is 0 Å². The predicted octanol–water partition coefficient (Wildman–Crippen LogP) is 18.1. The molecule has 0 aliphatic heterocycles. The van der Waals surface area contributed by atoms with E-state index < -0.39 is 32.5 Å². The summed E-state index contributed by atoms with van der Waals surface area (Å²) in [4.78, 5) is 37.8. The largest absolute Gasteiger partial charge is 0.756 e. The van der Waals surface area contributed by atoms with Gasteiger partial charge in [0.15, 0.2) is 6.10 Å². The Labute approximate surface area is 465 Å². The van der Waals surface area contributed by atoms with E-state index in [9.17, 15) is 19.0 Å². The van der Waals surface area contributed by atoms with E-state index in [0.29, 0.717) is 23.9 Å². The van der Waals surface area contributed by atoms with Crippen LogP contribution in [0.2, 0.25) is 0 Å². The quantitative estimate of drug-likeness (QED) is 0.0195. The van der Waals surface area contributed by atoms with Gasteiger partial charge >= 0.3 is 11.9 Å². The van der Waals surface area contributed by atoms with E-state index in [1.165, 1.54) is 44.9 Å². The Bertz CT molecular complexity index is 1790. The van der Waals surface area contributed by atoms with Crippen molar-refractivity contribution in [1.29, 1.82) is 0 Å². The Morgan fingerprint density at radius 2 is 0.750 bits per heavy atom. The standard InChI is InChI=1S/C66H108NO8P/c1-6-8-10-12-14-16-18-20-22-23-24-25-26-27-28-29-30-31-32-33-34-35-36-37-38-39-40-41-42-43-45-47-49-51-53-55-57-59-66(69)75-64(63-74-76(70,71)73-61-60-67(3,4)5)62-72-65(68)58-56-54-52-50-48-46-44-21-19-17-15-13-11-9-7-2/h8,10,14,16,20-22,24-25,27-28,30-31,33-34,36-37,39-40,42-44,47,49,64H,6-7,9,11-13,15,17-19,23,26,29,32,35,38,41,45-46,48,50-63H2,1-5H3/b10-8-,16-14-,22-20-,25-24-,28-27-,31-30-,34-33-,37-36-,40-39-,43-42-,44-21-,49-47-. The monoisotopic (exact) mass is 1070 g/mol. The summed E-state index contributed by atoms with van der Waals surface area (Å²) in [5.41, 5.74) is 0. The number of phosphoric ester groups is 1. The third-order valence-electron chi connectivity index (χ3n) is 11.8. The Balaban J connectivity index is 4.25. The Kier molecular flexibility index (Phi) is 52.6. The zero-order valence-corrected chi connectivity index (χ0v) is 49.5. The first-order chi connectivity index (χ1) is 37.0. The average Bonchev–Trinajstić information content (AvgIpc) is 3.38. The smallest absolute Gasteiger partial charge is 0.306 e. The highest BCUT2D eigenvalue weighted by atomic mass is 31.2. The summed E-state index contributed by atoms with van der Waals surface area (Å²) >= 11 is 0. The van der Waals surface area contributed by atoms with Gasteiger partial charge in [-0.25, -0.2) is 0 Å². The zero-order valence-electron chi connectivity index (χ0n) is 48.6. The van der Waals surface area contributed by atoms with Crippen molar-refractivity contribution >= 4 is 19.8 Å². The van der Waals surface area contributed by atoms with Crippen LogP contribution in [0.4, 0.5) is 0 Å². The summed E-state index contributed by atoms with van der Waals surface area (Å²) < 4.78 is 34.0. The summed E-state index contributed by atoms with van der Waals surface area (Å²) in [6, 6.07) is 0. The minimum Gasteiger partial charge on any atom is -0.756 e. The van der Waals surface area contributed by atoms with Gasteiger partial charge in [0.25, 0.3) is 7.82 Å². The zero-order chi connectivity index (χ0) is 55.6. The van der Waals surface area contributed by atoms with Gasteiger partial charge in [-0.05, 0) is 122 Å². The maximum absolute atomic E-state index is 12.8. The number of quaternary nitrogens is 1. The number of allylic oxidation sites excluding steroid dienone is 24. The SMILES string of the molecule is CC/C=C\C/C=C\C/C=C\C/C=C\C/C=C\C/C=C\C/C=C\C/C=C\C/C=C\C/C=C\C/C=C\CCCCCC(=O)OC(COC(=O)CCCCCCC/C=C\CCCCCCCC)COP(=O)([O-])OCC[N+](C)(C)C. The van der Waals surface area contributed by atoms with Gasteiger partial charge in [-0.2, -0.15) is 0 Å². The number of hydrogen-bond acceptors (Lipinski definition) is 8. The van der Waals surface area contributed by atoms with Crippen LogP contribution in [0.5, 0.6) is 0 Å². The fraction of sp³-hybridized carbons (Fsp3) is 0.606. The van der Waals surface area contributed by atoms with Crippen LogP contribution in [-0.2, 0) is 32.7 Å². The molecule has 0 fully saturated rings. The average molecular weight is 1070 g/mol. The molecule has 0 heterocycles. The van der Waals surface area contributed by atoms with Crippen LogP contribution in [0.25, 0.3) is 0 Å². The van der Waals surface area contributed by atoms with E-state index in [2.05, 4.69) is 160 Å². The van der Waals surface area contributed by atoms with Crippen molar-refractivity contribution < 1.29 is 42.1 Å². The van der Waals surface area contributed by atoms with E-state index in [0.717, 1.165) is 122 Å². The fourth-order valence-corrected chi connectivity index (χ4v) is 8.03. The molecular weight excluding hydrogens is 966 g/mol. The van der Waals surface area contributed by atoms with Crippen molar-refractivity contribution in [1.82, 2.24) is 0 Å². The molecule has 0 aliphatic rings. The Hall–Kier alpha value is -4.11. The number of phosphoric acid groups is 1. The first kappa shape index (κ1) is 71.9. The molecule has 0 amide bonds. The molecule has 0 saturated carbocycles. The minimum absolute atomic E-state index is 0.0467. The molecule has 0 aliphatic carbocycles. The van der Waals surface area contributed by atoms with Crippen LogP contribution >= 0.6 is 7.82 Å². The summed E-state index contributed by atoms with van der Waals surface area (Å²) in [6.45, 7) is 4.04. The van der Waals surface area contributed by atoms with Crippen LogP contribution in [0.15, 0.2) is 146 Å². The number of esters is 2. The van der Waals surface area contributed by atoms with Crippen LogP contribution in [0.3, 0.4) is 0 Å². The highest BCUT2D eigenvalue weighted by molar-refractivity contribution is 7.45. The third-order valence-corrected chi connectivity index (χ3v) is 12.8. The molecule has 0 N–H and O–H groups in total. The van der Waals surface area contributed by atoms with Gasteiger partial charge in [0.1, 0.15) is 19.8 Å². The summed E-state index contributed by atoms with van der Waals surface area (Å²) in [5.74, 6) is -0.893. The molecule has 0 rings (SSSR count). The second-order valence-corrected chi connectivity index (χ2v) is 21.7. The van der Waals surface area contributed by atoms with Crippen molar-refractivity contribution in [3.63, 3.8) is 0 Å². The van der Waals surface area contributed by atoms with Crippen LogP contribution in [-0.4, -0.2) is 70.0 Å². The number of unbranched alkanes of at least 4 members (excludes halogenated alkanes) is 14. The van der Waals surface area contributed by atoms with E-state index in [1.807, 2.05) is 21.1 Å². The van der Waals surface area contributed by atoms with Gasteiger partial charge in [-0.1, -0.05) is 217 Å². The Morgan fingerprint density at radius 3 is 1.14 bits per heavy atom. The lowest BCUT2D eigenvalue weighted by Gasteiger charge is -2.28. The molecule has 2 unspecified atom stereocenters. The lowest BCUT2D eigenvalue weighted by molar-refractivity contribution is -0.870. The van der Waals surface area contributed by atoms with Crippen LogP contribution in [0.1, 0.15) is 206 Å². The second kappa shape index (κ2) is 55.6. The molecule has 9 nitrogen and oxygen atoms in total. The van der Waals surface area contributed by atoms with E-state index in [-0.39, 0.29) is 26.1 Å². The first-order valence-electron chi connectivity index (χ1n) is 29.5. The van der Waals surface area contributed by atoms with Gasteiger partial charge < -0.3 is 27.9 Å². The molecule has 0 radical (unpaired) electrons. The molecule has 0 saturated heterocycles. The number of hydrogen-bond donors (Lipinski definition) is 0. The predicted molar refractivity (Wildman–Crippen MR) is 323 cm³/mol. The first-order valence-corrected chi connectivity index (χ1v) is 31.0. The normalized spacial score (nSPS) is 14.3. The Morgan fingerprint density at radius 1 is 0.421 bits per heavy atom. The number of nitrogens with zero attached hydrogens (tertiary/aromatic N) is 1. The van der Waals surface area contributed by atoms with Gasteiger partial charge in [-0.3, -0.25) is 14.2 Å². The molecule has 2 atom stereocenters. The summed E-state index contributed by atoms with van der Waals surface area (Å²) in [6.07, 6.45) is 81.9. The van der Waals surface area contributed by atoms with E-state index >= 15 is 0 Å². The maximum atomic E-state index is 12.8. The number of likely N-dealkylation sites (N-methyl/N-ethyl adjacent to an activating group) is 1. The molecule has 0 aromatic carbocycles. The van der Waals surface area contributed by atoms with Crippen LogP contribution < -0.4 is 4.89 Å². The van der Waals surface area contributed by atoms with Crippen molar-refractivity contribution in [2.75, 3.05) is 47.5 Å². The summed E-state index contributed by atoms with van der Waals surface area (Å²) in [5, 5.41) is 0.